The monoisotopic (exact) mass is 445 g/mol. The number of unbranched alkanes of at least 4 members (excludes halogenated alkanes) is 1. The van der Waals surface area contributed by atoms with E-state index < -0.39 is 0 Å². The number of amides is 2. The zero-order chi connectivity index (χ0) is 23.2. The number of pyridine rings is 1. The number of hydrogen-bond donors (Lipinski definition) is 1. The van der Waals surface area contributed by atoms with Crippen LogP contribution in [-0.2, 0) is 16.0 Å². The Bertz CT molecular complexity index is 1000. The Hall–Kier alpha value is -3.40. The third kappa shape index (κ3) is 5.51. The second-order valence-corrected chi connectivity index (χ2v) is 8.96. The maximum atomic E-state index is 12.9. The van der Waals surface area contributed by atoms with Crippen LogP contribution >= 0.6 is 0 Å². The van der Waals surface area contributed by atoms with E-state index in [0.29, 0.717) is 12.1 Å². The molecule has 4 rings (SSSR count). The summed E-state index contributed by atoms with van der Waals surface area (Å²) in [6.45, 7) is 4.21. The third-order valence-electron chi connectivity index (χ3n) is 6.61. The van der Waals surface area contributed by atoms with Crippen molar-refractivity contribution in [3.05, 3.63) is 53.7 Å². The van der Waals surface area contributed by atoms with E-state index in [1.54, 1.807) is 17.2 Å². The molecule has 0 radical (unpaired) electrons. The Morgan fingerprint density at radius 3 is 2.58 bits per heavy atom. The summed E-state index contributed by atoms with van der Waals surface area (Å²) in [5.74, 6) is 0.533. The average Bonchev–Trinajstić information content (AvgIpc) is 3.25. The van der Waals surface area contributed by atoms with Gasteiger partial charge < -0.3 is 15.1 Å². The van der Waals surface area contributed by atoms with E-state index in [9.17, 15) is 9.59 Å². The van der Waals surface area contributed by atoms with Gasteiger partial charge in [0, 0.05) is 44.0 Å². The summed E-state index contributed by atoms with van der Waals surface area (Å²) in [7, 11) is 0. The first-order valence-corrected chi connectivity index (χ1v) is 11.9. The zero-order valence-electron chi connectivity index (χ0n) is 19.2. The number of nitrogens with one attached hydrogen (secondary N) is 1. The highest BCUT2D eigenvalue weighted by Gasteiger charge is 2.36. The molecule has 1 N–H and O–H groups in total. The summed E-state index contributed by atoms with van der Waals surface area (Å²) in [6, 6.07) is 14.0. The molecular weight excluding hydrogens is 414 g/mol. The predicted octanol–water partition coefficient (Wildman–Crippen LogP) is 3.43. The Kier molecular flexibility index (Phi) is 7.23. The first-order valence-electron chi connectivity index (χ1n) is 11.9. The molecule has 2 aliphatic rings. The van der Waals surface area contributed by atoms with Crippen LogP contribution in [-0.4, -0.2) is 42.5 Å². The maximum Gasteiger partial charge on any atom is 0.227 e. The number of piperidine rings is 1. The van der Waals surface area contributed by atoms with Crippen molar-refractivity contribution in [2.45, 2.75) is 51.5 Å². The first-order chi connectivity index (χ1) is 16.1. The third-order valence-corrected chi connectivity index (χ3v) is 6.61. The molecule has 2 saturated heterocycles. The van der Waals surface area contributed by atoms with E-state index in [0.717, 1.165) is 56.7 Å². The van der Waals surface area contributed by atoms with Gasteiger partial charge >= 0.3 is 0 Å². The number of aryl methyl sites for hydroxylation is 1. The molecule has 1 aromatic heterocycles. The molecule has 1 atom stereocenters. The standard InChI is InChI=1S/C26H31N5O2/c1-2-3-4-19-5-8-23(9-6-19)31-18-21(15-25(31)32)26(33)29-22-11-13-30(14-12-22)24-10-7-20(16-27)17-28-24/h5-10,17,21-22H,2-4,11-15,18H2,1H3,(H,29,33). The molecule has 2 amide bonds. The molecule has 2 aromatic rings. The average molecular weight is 446 g/mol. The van der Waals surface area contributed by atoms with Gasteiger partial charge in [-0.15, -0.1) is 0 Å². The molecule has 0 spiro atoms. The Labute approximate surface area is 195 Å². The van der Waals surface area contributed by atoms with E-state index in [2.05, 4.69) is 40.3 Å². The Morgan fingerprint density at radius 2 is 1.94 bits per heavy atom. The number of benzene rings is 1. The van der Waals surface area contributed by atoms with Crippen LogP contribution in [0.5, 0.6) is 0 Å². The van der Waals surface area contributed by atoms with Crippen molar-refractivity contribution in [1.82, 2.24) is 10.3 Å². The fourth-order valence-electron chi connectivity index (χ4n) is 4.57. The first kappa shape index (κ1) is 22.8. The number of aromatic nitrogens is 1. The molecule has 1 aromatic carbocycles. The summed E-state index contributed by atoms with van der Waals surface area (Å²) in [4.78, 5) is 33.8. The van der Waals surface area contributed by atoms with Crippen molar-refractivity contribution in [1.29, 1.82) is 5.26 Å². The van der Waals surface area contributed by atoms with Crippen molar-refractivity contribution in [2.75, 3.05) is 29.4 Å². The number of rotatable bonds is 7. The van der Waals surface area contributed by atoms with E-state index >= 15 is 0 Å². The minimum absolute atomic E-state index is 0.0122. The van der Waals surface area contributed by atoms with Gasteiger partial charge in [-0.05, 0) is 55.5 Å². The molecule has 172 valence electrons. The van der Waals surface area contributed by atoms with Gasteiger partial charge in [-0.25, -0.2) is 4.98 Å². The fraction of sp³-hybridized carbons (Fsp3) is 0.462. The smallest absolute Gasteiger partial charge is 0.227 e. The van der Waals surface area contributed by atoms with Gasteiger partial charge in [-0.3, -0.25) is 9.59 Å². The maximum absolute atomic E-state index is 12.9. The van der Waals surface area contributed by atoms with Crippen LogP contribution in [0.2, 0.25) is 0 Å². The molecule has 1 unspecified atom stereocenters. The molecule has 7 nitrogen and oxygen atoms in total. The molecule has 2 fully saturated rings. The van der Waals surface area contributed by atoms with Crippen molar-refractivity contribution >= 4 is 23.3 Å². The highest BCUT2D eigenvalue weighted by molar-refractivity contribution is 6.00. The molecule has 0 aliphatic carbocycles. The Morgan fingerprint density at radius 1 is 1.18 bits per heavy atom. The topological polar surface area (TPSA) is 89.3 Å². The number of hydrogen-bond acceptors (Lipinski definition) is 5. The minimum atomic E-state index is -0.310. The number of nitriles is 1. The lowest BCUT2D eigenvalue weighted by Crippen LogP contribution is -2.47. The van der Waals surface area contributed by atoms with Crippen LogP contribution < -0.4 is 15.1 Å². The predicted molar refractivity (Wildman–Crippen MR) is 128 cm³/mol. The van der Waals surface area contributed by atoms with Crippen molar-refractivity contribution in [3.63, 3.8) is 0 Å². The van der Waals surface area contributed by atoms with Crippen LogP contribution in [0.25, 0.3) is 0 Å². The van der Waals surface area contributed by atoms with Crippen LogP contribution in [0.3, 0.4) is 0 Å². The molecule has 2 aliphatic heterocycles. The molecule has 7 heteroatoms. The van der Waals surface area contributed by atoms with E-state index in [1.165, 1.54) is 5.56 Å². The summed E-state index contributed by atoms with van der Waals surface area (Å²) in [5.41, 5.74) is 2.70. The van der Waals surface area contributed by atoms with Gasteiger partial charge in [0.05, 0.1) is 11.5 Å². The van der Waals surface area contributed by atoms with Gasteiger partial charge in [0.25, 0.3) is 0 Å². The molecule has 0 saturated carbocycles. The summed E-state index contributed by atoms with van der Waals surface area (Å²) in [5, 5.41) is 12.1. The minimum Gasteiger partial charge on any atom is -0.356 e. The zero-order valence-corrected chi connectivity index (χ0v) is 19.2. The second-order valence-electron chi connectivity index (χ2n) is 8.96. The fourth-order valence-corrected chi connectivity index (χ4v) is 4.57. The van der Waals surface area contributed by atoms with Crippen LogP contribution in [0, 0.1) is 17.2 Å². The lowest BCUT2D eigenvalue weighted by Gasteiger charge is -2.33. The second kappa shape index (κ2) is 10.5. The summed E-state index contributed by atoms with van der Waals surface area (Å²) >= 11 is 0. The number of nitrogens with zero attached hydrogens (tertiary/aromatic N) is 4. The SMILES string of the molecule is CCCCc1ccc(N2CC(C(=O)NC3CCN(c4ccc(C#N)cn4)CC3)CC2=O)cc1. The van der Waals surface area contributed by atoms with Crippen molar-refractivity contribution in [2.24, 2.45) is 5.92 Å². The van der Waals surface area contributed by atoms with Gasteiger partial charge in [0.15, 0.2) is 0 Å². The lowest BCUT2D eigenvalue weighted by atomic mass is 10.0. The number of carbonyl (C=O) groups excluding carboxylic acids is 2. The molecule has 0 bridgehead atoms. The van der Waals surface area contributed by atoms with Gasteiger partial charge in [-0.1, -0.05) is 25.5 Å². The Balaban J connectivity index is 1.27. The van der Waals surface area contributed by atoms with Crippen LogP contribution in [0.4, 0.5) is 11.5 Å². The highest BCUT2D eigenvalue weighted by atomic mass is 16.2. The van der Waals surface area contributed by atoms with E-state index in [-0.39, 0.29) is 30.2 Å². The van der Waals surface area contributed by atoms with Crippen LogP contribution in [0.1, 0.15) is 50.2 Å². The molecular formula is C26H31N5O2. The van der Waals surface area contributed by atoms with E-state index in [4.69, 9.17) is 5.26 Å². The van der Waals surface area contributed by atoms with E-state index in [1.807, 2.05) is 18.2 Å². The van der Waals surface area contributed by atoms with Gasteiger partial charge in [0.2, 0.25) is 11.8 Å². The van der Waals surface area contributed by atoms with Crippen molar-refractivity contribution < 1.29 is 9.59 Å². The van der Waals surface area contributed by atoms with Gasteiger partial charge in [0.1, 0.15) is 11.9 Å². The largest absolute Gasteiger partial charge is 0.356 e. The summed E-state index contributed by atoms with van der Waals surface area (Å²) < 4.78 is 0. The normalized spacial score (nSPS) is 18.9. The van der Waals surface area contributed by atoms with Gasteiger partial charge in [-0.2, -0.15) is 5.26 Å². The van der Waals surface area contributed by atoms with Crippen LogP contribution in [0.15, 0.2) is 42.6 Å². The highest BCUT2D eigenvalue weighted by Crippen LogP contribution is 2.26. The molecule has 33 heavy (non-hydrogen) atoms. The lowest BCUT2D eigenvalue weighted by molar-refractivity contribution is -0.127. The number of carbonyl (C=O) groups is 2. The van der Waals surface area contributed by atoms with Crippen molar-refractivity contribution in [3.8, 4) is 6.07 Å². The molecule has 3 heterocycles. The quantitative estimate of drug-likeness (QED) is 0.705. The summed E-state index contributed by atoms with van der Waals surface area (Å²) in [6.07, 6.45) is 6.88. The number of anilines is 2.